The number of rotatable bonds is 3. The van der Waals surface area contributed by atoms with Crippen LogP contribution in [-0.2, 0) is 4.74 Å². The van der Waals surface area contributed by atoms with Crippen LogP contribution in [0.2, 0.25) is 0 Å². The molecule has 1 aliphatic carbocycles. The van der Waals surface area contributed by atoms with E-state index in [9.17, 15) is 0 Å². The fraction of sp³-hybridized carbons (Fsp3) is 1.00. The summed E-state index contributed by atoms with van der Waals surface area (Å²) in [5.41, 5.74) is 6.11. The molecule has 0 spiro atoms. The van der Waals surface area contributed by atoms with Gasteiger partial charge in [0.25, 0.3) is 0 Å². The van der Waals surface area contributed by atoms with Crippen molar-refractivity contribution in [2.75, 3.05) is 19.7 Å². The third-order valence-corrected chi connectivity index (χ3v) is 4.04. The molecule has 1 saturated heterocycles. The van der Waals surface area contributed by atoms with E-state index >= 15 is 0 Å². The second kappa shape index (κ2) is 4.81. The van der Waals surface area contributed by atoms with Gasteiger partial charge in [0.1, 0.15) is 0 Å². The van der Waals surface area contributed by atoms with Gasteiger partial charge in [0.15, 0.2) is 0 Å². The van der Waals surface area contributed by atoms with Crippen molar-refractivity contribution in [1.82, 2.24) is 4.90 Å². The Hall–Kier alpha value is -0.120. The lowest BCUT2D eigenvalue weighted by atomic mass is 9.84. The molecule has 1 saturated carbocycles. The molecule has 0 aromatic rings. The number of hydrogen-bond acceptors (Lipinski definition) is 3. The van der Waals surface area contributed by atoms with Crippen LogP contribution in [0.4, 0.5) is 0 Å². The van der Waals surface area contributed by atoms with Crippen LogP contribution in [0, 0.1) is 5.92 Å². The van der Waals surface area contributed by atoms with Gasteiger partial charge in [0.2, 0.25) is 0 Å². The highest BCUT2D eigenvalue weighted by atomic mass is 16.5. The molecule has 0 radical (unpaired) electrons. The lowest BCUT2D eigenvalue weighted by Crippen LogP contribution is -2.56. The second-order valence-corrected chi connectivity index (χ2v) is 5.13. The fourth-order valence-corrected chi connectivity index (χ4v) is 2.67. The maximum absolute atomic E-state index is 6.11. The topological polar surface area (TPSA) is 38.5 Å². The summed E-state index contributed by atoms with van der Waals surface area (Å²) in [6.07, 6.45) is 4.22. The van der Waals surface area contributed by atoms with Gasteiger partial charge < -0.3 is 10.5 Å². The molecular weight excluding hydrogens is 188 g/mol. The maximum atomic E-state index is 6.11. The van der Waals surface area contributed by atoms with Crippen LogP contribution in [0.25, 0.3) is 0 Å². The average molecular weight is 212 g/mol. The van der Waals surface area contributed by atoms with Gasteiger partial charge in [0, 0.05) is 25.2 Å². The van der Waals surface area contributed by atoms with E-state index in [1.54, 1.807) is 0 Å². The molecule has 15 heavy (non-hydrogen) atoms. The molecule has 3 heteroatoms. The molecule has 2 fully saturated rings. The van der Waals surface area contributed by atoms with Crippen molar-refractivity contribution in [1.29, 1.82) is 0 Å². The Morgan fingerprint density at radius 2 is 2.13 bits per heavy atom. The molecule has 3 nitrogen and oxygen atoms in total. The summed E-state index contributed by atoms with van der Waals surface area (Å²) in [6, 6.07) is 1.13. The van der Waals surface area contributed by atoms with Crippen LogP contribution in [0.1, 0.15) is 33.1 Å². The van der Waals surface area contributed by atoms with E-state index < -0.39 is 0 Å². The zero-order valence-electron chi connectivity index (χ0n) is 9.98. The molecule has 2 N–H and O–H groups in total. The van der Waals surface area contributed by atoms with E-state index in [0.717, 1.165) is 19.2 Å². The summed E-state index contributed by atoms with van der Waals surface area (Å²) in [7, 11) is 0. The number of likely N-dealkylation sites (tertiary alicyclic amines) is 1. The summed E-state index contributed by atoms with van der Waals surface area (Å²) >= 11 is 0. The second-order valence-electron chi connectivity index (χ2n) is 5.13. The van der Waals surface area contributed by atoms with Crippen molar-refractivity contribution in [3.05, 3.63) is 0 Å². The lowest BCUT2D eigenvalue weighted by molar-refractivity contribution is -0.0551. The molecule has 0 aromatic heterocycles. The van der Waals surface area contributed by atoms with Crippen molar-refractivity contribution >= 4 is 0 Å². The summed E-state index contributed by atoms with van der Waals surface area (Å²) in [5.74, 6) is 0.698. The monoisotopic (exact) mass is 212 g/mol. The van der Waals surface area contributed by atoms with Crippen LogP contribution in [0.5, 0.6) is 0 Å². The van der Waals surface area contributed by atoms with Crippen molar-refractivity contribution < 1.29 is 4.74 Å². The molecule has 2 unspecified atom stereocenters. The van der Waals surface area contributed by atoms with Gasteiger partial charge >= 0.3 is 0 Å². The first-order valence-corrected chi connectivity index (χ1v) is 6.32. The summed E-state index contributed by atoms with van der Waals surface area (Å²) in [5, 5.41) is 0. The number of hydrogen-bond donors (Lipinski definition) is 1. The summed E-state index contributed by atoms with van der Waals surface area (Å²) < 4.78 is 5.59. The van der Waals surface area contributed by atoms with E-state index in [1.807, 2.05) is 0 Å². The van der Waals surface area contributed by atoms with Crippen molar-refractivity contribution in [2.45, 2.75) is 51.3 Å². The Bertz CT molecular complexity index is 204. The number of nitrogens with two attached hydrogens (primary N) is 1. The van der Waals surface area contributed by atoms with Crippen LogP contribution >= 0.6 is 0 Å². The highest BCUT2D eigenvalue weighted by Crippen LogP contribution is 2.30. The zero-order chi connectivity index (χ0) is 10.8. The predicted octanol–water partition coefficient (Wildman–Crippen LogP) is 1.22. The fourth-order valence-electron chi connectivity index (χ4n) is 2.67. The summed E-state index contributed by atoms with van der Waals surface area (Å²) in [4.78, 5) is 2.57. The van der Waals surface area contributed by atoms with Crippen LogP contribution in [0.3, 0.4) is 0 Å². The third kappa shape index (κ3) is 2.52. The van der Waals surface area contributed by atoms with E-state index in [4.69, 9.17) is 10.5 Å². The Morgan fingerprint density at radius 3 is 2.73 bits per heavy atom. The molecule has 0 aromatic carbocycles. The molecule has 88 valence electrons. The van der Waals surface area contributed by atoms with Crippen molar-refractivity contribution in [3.63, 3.8) is 0 Å². The molecule has 1 heterocycles. The largest absolute Gasteiger partial charge is 0.378 e. The molecule has 0 bridgehead atoms. The first kappa shape index (κ1) is 11.4. The van der Waals surface area contributed by atoms with Gasteiger partial charge in [0.05, 0.1) is 6.10 Å². The Kier molecular flexibility index (Phi) is 3.65. The van der Waals surface area contributed by atoms with Gasteiger partial charge in [-0.15, -0.1) is 0 Å². The predicted molar refractivity (Wildman–Crippen MR) is 61.8 cm³/mol. The molecule has 2 atom stereocenters. The zero-order valence-corrected chi connectivity index (χ0v) is 9.98. The SMILES string of the molecule is CCOC1CC(N2CCC(C)C(N)C2)C1. The van der Waals surface area contributed by atoms with E-state index in [2.05, 4.69) is 18.7 Å². The number of ether oxygens (including phenoxy) is 1. The van der Waals surface area contributed by atoms with Gasteiger partial charge in [-0.05, 0) is 38.6 Å². The quantitative estimate of drug-likeness (QED) is 0.764. The minimum Gasteiger partial charge on any atom is -0.378 e. The maximum Gasteiger partial charge on any atom is 0.0604 e. The average Bonchev–Trinajstić information content (AvgIpc) is 2.16. The smallest absolute Gasteiger partial charge is 0.0604 e. The highest BCUT2D eigenvalue weighted by Gasteiger charge is 2.36. The normalized spacial score (nSPS) is 42.6. The van der Waals surface area contributed by atoms with Crippen molar-refractivity contribution in [3.8, 4) is 0 Å². The minimum absolute atomic E-state index is 0.380. The Morgan fingerprint density at radius 1 is 1.40 bits per heavy atom. The lowest BCUT2D eigenvalue weighted by Gasteiger charge is -2.46. The van der Waals surface area contributed by atoms with E-state index in [-0.39, 0.29) is 0 Å². The molecule has 1 aliphatic heterocycles. The first-order valence-electron chi connectivity index (χ1n) is 6.32. The molecule has 2 aliphatic rings. The van der Waals surface area contributed by atoms with Crippen LogP contribution in [0.15, 0.2) is 0 Å². The Labute approximate surface area is 93.0 Å². The van der Waals surface area contributed by atoms with Gasteiger partial charge in [-0.2, -0.15) is 0 Å². The van der Waals surface area contributed by atoms with Gasteiger partial charge in [-0.1, -0.05) is 6.92 Å². The highest BCUT2D eigenvalue weighted by molar-refractivity contribution is 4.92. The molecule has 0 amide bonds. The molecule has 2 rings (SSSR count). The van der Waals surface area contributed by atoms with Gasteiger partial charge in [-0.3, -0.25) is 4.90 Å². The van der Waals surface area contributed by atoms with Crippen molar-refractivity contribution in [2.24, 2.45) is 11.7 Å². The number of nitrogens with zero attached hydrogens (tertiary/aromatic N) is 1. The van der Waals surface area contributed by atoms with Crippen LogP contribution < -0.4 is 5.73 Å². The van der Waals surface area contributed by atoms with E-state index in [0.29, 0.717) is 18.1 Å². The third-order valence-electron chi connectivity index (χ3n) is 4.04. The number of piperidine rings is 1. The van der Waals surface area contributed by atoms with Crippen LogP contribution in [-0.4, -0.2) is 42.8 Å². The first-order chi connectivity index (χ1) is 7.20. The van der Waals surface area contributed by atoms with E-state index in [1.165, 1.54) is 25.8 Å². The Balaban J connectivity index is 1.73. The standard InChI is InChI=1S/C12H24N2O/c1-3-15-11-6-10(7-11)14-5-4-9(2)12(13)8-14/h9-12H,3-8,13H2,1-2H3. The van der Waals surface area contributed by atoms with Gasteiger partial charge in [-0.25, -0.2) is 0 Å². The minimum atomic E-state index is 0.380. The molecular formula is C12H24N2O. The summed E-state index contributed by atoms with van der Waals surface area (Å²) in [6.45, 7) is 7.52.